The van der Waals surface area contributed by atoms with E-state index in [0.717, 1.165) is 19.5 Å². The molecule has 2 heterocycles. The van der Waals surface area contributed by atoms with E-state index in [2.05, 4.69) is 0 Å². The van der Waals surface area contributed by atoms with E-state index < -0.39 is 0 Å². The molecule has 2 rings (SSSR count). The van der Waals surface area contributed by atoms with Crippen molar-refractivity contribution >= 4 is 5.91 Å². The van der Waals surface area contributed by atoms with Gasteiger partial charge in [-0.1, -0.05) is 0 Å². The fraction of sp³-hybridized carbons (Fsp3) is 0.583. The maximum absolute atomic E-state index is 12.1. The molecular formula is C12H18N2O3. The Morgan fingerprint density at radius 1 is 1.65 bits per heavy atom. The Balaban J connectivity index is 1.96. The lowest BCUT2D eigenvalue weighted by Gasteiger charge is -2.14. The first-order valence-electron chi connectivity index (χ1n) is 5.81. The Bertz CT molecular complexity index is 389. The third-order valence-corrected chi connectivity index (χ3v) is 3.05. The highest BCUT2D eigenvalue weighted by Gasteiger charge is 2.28. The lowest BCUT2D eigenvalue weighted by molar-refractivity contribution is 0.0742. The summed E-state index contributed by atoms with van der Waals surface area (Å²) in [4.78, 5) is 13.9. The third kappa shape index (κ3) is 2.68. The van der Waals surface area contributed by atoms with Gasteiger partial charge in [-0.2, -0.15) is 0 Å². The summed E-state index contributed by atoms with van der Waals surface area (Å²) in [5.41, 5.74) is 5.44. The normalized spacial score (nSPS) is 19.9. The predicted molar refractivity (Wildman–Crippen MR) is 62.5 cm³/mol. The average Bonchev–Trinajstić information content (AvgIpc) is 2.97. The van der Waals surface area contributed by atoms with Gasteiger partial charge in [0, 0.05) is 26.1 Å². The molecule has 1 saturated heterocycles. The molecule has 0 radical (unpaired) electrons. The fourth-order valence-corrected chi connectivity index (χ4v) is 2.15. The van der Waals surface area contributed by atoms with Crippen molar-refractivity contribution in [3.8, 4) is 0 Å². The second kappa shape index (κ2) is 5.33. The van der Waals surface area contributed by atoms with Gasteiger partial charge in [0.15, 0.2) is 5.76 Å². The second-order valence-corrected chi connectivity index (χ2v) is 4.33. The summed E-state index contributed by atoms with van der Waals surface area (Å²) >= 11 is 0. The summed E-state index contributed by atoms with van der Waals surface area (Å²) in [6, 6.07) is 3.43. The van der Waals surface area contributed by atoms with E-state index in [1.54, 1.807) is 19.2 Å². The maximum atomic E-state index is 12.1. The van der Waals surface area contributed by atoms with Gasteiger partial charge in [-0.25, -0.2) is 0 Å². The van der Waals surface area contributed by atoms with Gasteiger partial charge in [0.25, 0.3) is 5.91 Å². The van der Waals surface area contributed by atoms with E-state index in [1.807, 2.05) is 4.90 Å². The van der Waals surface area contributed by atoms with Crippen LogP contribution in [0.1, 0.15) is 22.7 Å². The Morgan fingerprint density at radius 3 is 3.12 bits per heavy atom. The number of carbonyl (C=O) groups excluding carboxylic acids is 1. The van der Waals surface area contributed by atoms with Crippen molar-refractivity contribution in [1.29, 1.82) is 0 Å². The van der Waals surface area contributed by atoms with Crippen LogP contribution in [0.4, 0.5) is 0 Å². The van der Waals surface area contributed by atoms with Crippen molar-refractivity contribution in [2.24, 2.45) is 11.7 Å². The topological polar surface area (TPSA) is 68.7 Å². The lowest BCUT2D eigenvalue weighted by Crippen LogP contribution is -2.28. The third-order valence-electron chi connectivity index (χ3n) is 3.05. The highest BCUT2D eigenvalue weighted by molar-refractivity contribution is 5.91. The number of rotatable bonds is 4. The van der Waals surface area contributed by atoms with Crippen LogP contribution in [-0.4, -0.2) is 37.6 Å². The number of furan rings is 1. The minimum Gasteiger partial charge on any atom is -0.455 e. The van der Waals surface area contributed by atoms with Crippen molar-refractivity contribution in [2.75, 3.05) is 26.8 Å². The van der Waals surface area contributed by atoms with Crippen LogP contribution >= 0.6 is 0 Å². The zero-order valence-corrected chi connectivity index (χ0v) is 10.0. The number of amides is 1. The smallest absolute Gasteiger partial charge is 0.289 e. The van der Waals surface area contributed by atoms with Gasteiger partial charge in [-0.05, 0) is 18.6 Å². The van der Waals surface area contributed by atoms with E-state index in [1.165, 1.54) is 0 Å². The average molecular weight is 238 g/mol. The summed E-state index contributed by atoms with van der Waals surface area (Å²) < 4.78 is 10.5. The molecule has 1 aliphatic heterocycles. The van der Waals surface area contributed by atoms with Gasteiger partial charge in [0.05, 0.1) is 13.2 Å². The molecule has 0 bridgehead atoms. The summed E-state index contributed by atoms with van der Waals surface area (Å²) in [6.45, 7) is 2.53. The molecule has 5 nitrogen and oxygen atoms in total. The van der Waals surface area contributed by atoms with Crippen LogP contribution in [0.25, 0.3) is 0 Å². The number of carbonyl (C=O) groups is 1. The van der Waals surface area contributed by atoms with Gasteiger partial charge in [-0.15, -0.1) is 0 Å². The first kappa shape index (κ1) is 12.1. The number of likely N-dealkylation sites (tertiary alicyclic amines) is 1. The summed E-state index contributed by atoms with van der Waals surface area (Å²) in [6.07, 6.45) is 0.990. The van der Waals surface area contributed by atoms with Gasteiger partial charge >= 0.3 is 0 Å². The molecule has 94 valence electrons. The highest BCUT2D eigenvalue weighted by Crippen LogP contribution is 2.19. The number of hydrogen-bond donors (Lipinski definition) is 1. The van der Waals surface area contributed by atoms with Gasteiger partial charge in [-0.3, -0.25) is 4.79 Å². The van der Waals surface area contributed by atoms with Crippen LogP contribution < -0.4 is 5.73 Å². The number of methoxy groups -OCH3 is 1. The van der Waals surface area contributed by atoms with E-state index in [-0.39, 0.29) is 5.91 Å². The Morgan fingerprint density at radius 2 is 2.47 bits per heavy atom. The summed E-state index contributed by atoms with van der Waals surface area (Å²) in [7, 11) is 1.69. The van der Waals surface area contributed by atoms with E-state index >= 15 is 0 Å². The molecule has 1 aromatic heterocycles. The van der Waals surface area contributed by atoms with E-state index in [0.29, 0.717) is 30.6 Å². The molecule has 5 heteroatoms. The van der Waals surface area contributed by atoms with Gasteiger partial charge in [0.2, 0.25) is 0 Å². The Hall–Kier alpha value is -1.33. The first-order valence-corrected chi connectivity index (χ1v) is 5.81. The Kier molecular flexibility index (Phi) is 3.81. The zero-order valence-electron chi connectivity index (χ0n) is 10.0. The van der Waals surface area contributed by atoms with Crippen molar-refractivity contribution in [3.63, 3.8) is 0 Å². The molecule has 17 heavy (non-hydrogen) atoms. The minimum absolute atomic E-state index is 0.0525. The predicted octanol–water partition coefficient (Wildman–Crippen LogP) is 0.847. The van der Waals surface area contributed by atoms with E-state index in [4.69, 9.17) is 14.9 Å². The molecule has 1 amide bonds. The molecule has 1 aliphatic rings. The molecular weight excluding hydrogens is 220 g/mol. The number of ether oxygens (including phenoxy) is 1. The molecule has 1 fully saturated rings. The molecule has 0 spiro atoms. The quantitative estimate of drug-likeness (QED) is 0.844. The number of nitrogens with two attached hydrogens (primary N) is 1. The van der Waals surface area contributed by atoms with Gasteiger partial charge < -0.3 is 19.8 Å². The monoisotopic (exact) mass is 238 g/mol. The van der Waals surface area contributed by atoms with E-state index in [9.17, 15) is 4.79 Å². The molecule has 1 aromatic rings. The highest BCUT2D eigenvalue weighted by atomic mass is 16.5. The SMILES string of the molecule is COCC1CCN(C(=O)c2ccc(CN)o2)C1. The van der Waals surface area contributed by atoms with Crippen LogP contribution in [0, 0.1) is 5.92 Å². The Labute approximate surface area is 101 Å². The van der Waals surface area contributed by atoms with Crippen LogP contribution in [0.15, 0.2) is 16.5 Å². The molecule has 2 N–H and O–H groups in total. The lowest BCUT2D eigenvalue weighted by atomic mass is 10.1. The molecule has 0 saturated carbocycles. The van der Waals surface area contributed by atoms with Crippen molar-refractivity contribution in [1.82, 2.24) is 4.90 Å². The summed E-state index contributed by atoms with van der Waals surface area (Å²) in [5.74, 6) is 1.40. The number of hydrogen-bond acceptors (Lipinski definition) is 4. The zero-order chi connectivity index (χ0) is 12.3. The summed E-state index contributed by atoms with van der Waals surface area (Å²) in [5, 5.41) is 0. The minimum atomic E-state index is -0.0525. The van der Waals surface area contributed by atoms with Crippen molar-refractivity contribution in [2.45, 2.75) is 13.0 Å². The van der Waals surface area contributed by atoms with Crippen LogP contribution in [0.5, 0.6) is 0 Å². The largest absolute Gasteiger partial charge is 0.455 e. The second-order valence-electron chi connectivity index (χ2n) is 4.33. The maximum Gasteiger partial charge on any atom is 0.289 e. The van der Waals surface area contributed by atoms with Crippen molar-refractivity contribution in [3.05, 3.63) is 23.7 Å². The fourth-order valence-electron chi connectivity index (χ4n) is 2.15. The first-order chi connectivity index (χ1) is 8.24. The van der Waals surface area contributed by atoms with Crippen LogP contribution in [-0.2, 0) is 11.3 Å². The molecule has 1 unspecified atom stereocenters. The van der Waals surface area contributed by atoms with Crippen molar-refractivity contribution < 1.29 is 13.9 Å². The molecule has 0 aliphatic carbocycles. The van der Waals surface area contributed by atoms with Crippen LogP contribution in [0.2, 0.25) is 0 Å². The molecule has 1 atom stereocenters. The van der Waals surface area contributed by atoms with Gasteiger partial charge in [0.1, 0.15) is 5.76 Å². The standard InChI is InChI=1S/C12H18N2O3/c1-16-8-9-4-5-14(7-9)12(15)11-3-2-10(6-13)17-11/h2-3,9H,4-8,13H2,1H3. The molecule has 0 aromatic carbocycles. The number of nitrogens with zero attached hydrogens (tertiary/aromatic N) is 1. The van der Waals surface area contributed by atoms with Crippen LogP contribution in [0.3, 0.4) is 0 Å².